The molecule has 2 aliphatic carbocycles. The SMILES string of the molecule is CNC(C1CCCc2cccnc21)C1CC1(C)C. The van der Waals surface area contributed by atoms with Crippen LogP contribution in [0.4, 0.5) is 0 Å². The molecule has 1 aromatic rings. The first-order valence-electron chi connectivity index (χ1n) is 7.24. The van der Waals surface area contributed by atoms with E-state index in [1.165, 1.54) is 36.9 Å². The van der Waals surface area contributed by atoms with Gasteiger partial charge in [0.1, 0.15) is 0 Å². The second kappa shape index (κ2) is 4.34. The third-order valence-corrected chi connectivity index (χ3v) is 5.03. The fraction of sp³-hybridized carbons (Fsp3) is 0.688. The van der Waals surface area contributed by atoms with Gasteiger partial charge in [-0.15, -0.1) is 0 Å². The van der Waals surface area contributed by atoms with Gasteiger partial charge in [-0.2, -0.15) is 0 Å². The lowest BCUT2D eigenvalue weighted by Crippen LogP contribution is -2.37. The maximum absolute atomic E-state index is 4.69. The van der Waals surface area contributed by atoms with Crippen molar-refractivity contribution in [1.82, 2.24) is 10.3 Å². The van der Waals surface area contributed by atoms with Gasteiger partial charge in [-0.25, -0.2) is 0 Å². The van der Waals surface area contributed by atoms with Crippen LogP contribution >= 0.6 is 0 Å². The van der Waals surface area contributed by atoms with Crippen LogP contribution in [0.1, 0.15) is 50.3 Å². The smallest absolute Gasteiger partial charge is 0.0482 e. The number of pyridine rings is 1. The van der Waals surface area contributed by atoms with E-state index in [0.29, 0.717) is 17.4 Å². The summed E-state index contributed by atoms with van der Waals surface area (Å²) in [7, 11) is 2.12. The maximum atomic E-state index is 4.69. The van der Waals surface area contributed by atoms with E-state index < -0.39 is 0 Å². The van der Waals surface area contributed by atoms with E-state index >= 15 is 0 Å². The van der Waals surface area contributed by atoms with Gasteiger partial charge in [-0.1, -0.05) is 19.9 Å². The Morgan fingerprint density at radius 1 is 1.44 bits per heavy atom. The monoisotopic (exact) mass is 244 g/mol. The predicted molar refractivity (Wildman–Crippen MR) is 74.7 cm³/mol. The van der Waals surface area contributed by atoms with Crippen molar-refractivity contribution >= 4 is 0 Å². The number of likely N-dealkylation sites (N-methyl/N-ethyl adjacent to an activating group) is 1. The molecule has 0 aromatic carbocycles. The number of rotatable bonds is 3. The first-order valence-corrected chi connectivity index (χ1v) is 7.24. The van der Waals surface area contributed by atoms with Crippen molar-refractivity contribution in [2.24, 2.45) is 11.3 Å². The minimum atomic E-state index is 0.528. The van der Waals surface area contributed by atoms with Gasteiger partial charge in [0.15, 0.2) is 0 Å². The third-order valence-electron chi connectivity index (χ3n) is 5.03. The van der Waals surface area contributed by atoms with Crippen molar-refractivity contribution in [3.63, 3.8) is 0 Å². The molecule has 0 saturated heterocycles. The van der Waals surface area contributed by atoms with Gasteiger partial charge in [0.2, 0.25) is 0 Å². The molecule has 0 amide bonds. The van der Waals surface area contributed by atoms with Crippen LogP contribution in [0.2, 0.25) is 0 Å². The molecule has 1 heterocycles. The summed E-state index contributed by atoms with van der Waals surface area (Å²) in [4.78, 5) is 4.69. The highest BCUT2D eigenvalue weighted by Crippen LogP contribution is 2.56. The zero-order chi connectivity index (χ0) is 12.8. The summed E-state index contributed by atoms with van der Waals surface area (Å²) < 4.78 is 0. The molecule has 3 unspecified atom stereocenters. The Bertz CT molecular complexity index is 438. The van der Waals surface area contributed by atoms with Crippen molar-refractivity contribution in [3.8, 4) is 0 Å². The minimum Gasteiger partial charge on any atom is -0.316 e. The lowest BCUT2D eigenvalue weighted by molar-refractivity contribution is 0.338. The molecule has 0 aliphatic heterocycles. The molecular formula is C16H24N2. The van der Waals surface area contributed by atoms with Gasteiger partial charge in [-0.3, -0.25) is 4.98 Å². The van der Waals surface area contributed by atoms with Gasteiger partial charge in [0.05, 0.1) is 0 Å². The van der Waals surface area contributed by atoms with Crippen molar-refractivity contribution in [3.05, 3.63) is 29.6 Å². The second-order valence-corrected chi connectivity index (χ2v) is 6.66. The molecule has 0 radical (unpaired) electrons. The van der Waals surface area contributed by atoms with E-state index in [1.54, 1.807) is 0 Å². The van der Waals surface area contributed by atoms with Crippen molar-refractivity contribution in [2.75, 3.05) is 7.05 Å². The fourth-order valence-corrected chi connectivity index (χ4v) is 3.80. The van der Waals surface area contributed by atoms with Gasteiger partial charge in [0, 0.05) is 23.9 Å². The first-order chi connectivity index (χ1) is 8.63. The van der Waals surface area contributed by atoms with E-state index in [4.69, 9.17) is 0 Å². The number of hydrogen-bond acceptors (Lipinski definition) is 2. The predicted octanol–water partition coefficient (Wildman–Crippen LogP) is 3.14. The third kappa shape index (κ3) is 1.97. The van der Waals surface area contributed by atoms with Crippen LogP contribution in [0, 0.1) is 11.3 Å². The molecule has 3 rings (SSSR count). The lowest BCUT2D eigenvalue weighted by Gasteiger charge is -2.32. The molecular weight excluding hydrogens is 220 g/mol. The number of nitrogens with one attached hydrogen (secondary N) is 1. The van der Waals surface area contributed by atoms with Crippen molar-refractivity contribution in [2.45, 2.75) is 51.5 Å². The minimum absolute atomic E-state index is 0.528. The second-order valence-electron chi connectivity index (χ2n) is 6.66. The van der Waals surface area contributed by atoms with Crippen LogP contribution in [0.5, 0.6) is 0 Å². The highest BCUT2D eigenvalue weighted by molar-refractivity contribution is 5.28. The molecule has 18 heavy (non-hydrogen) atoms. The molecule has 1 fully saturated rings. The summed E-state index contributed by atoms with van der Waals surface area (Å²) in [5, 5.41) is 3.59. The molecule has 1 N–H and O–H groups in total. The topological polar surface area (TPSA) is 24.9 Å². The molecule has 2 nitrogen and oxygen atoms in total. The average molecular weight is 244 g/mol. The Labute approximate surface area is 110 Å². The fourth-order valence-electron chi connectivity index (χ4n) is 3.80. The number of aryl methyl sites for hydroxylation is 1. The maximum Gasteiger partial charge on any atom is 0.0482 e. The zero-order valence-corrected chi connectivity index (χ0v) is 11.7. The van der Waals surface area contributed by atoms with Crippen LogP contribution in [0.3, 0.4) is 0 Å². The van der Waals surface area contributed by atoms with Crippen LogP contribution in [-0.2, 0) is 6.42 Å². The van der Waals surface area contributed by atoms with E-state index in [1.807, 2.05) is 6.20 Å². The van der Waals surface area contributed by atoms with Gasteiger partial charge >= 0.3 is 0 Å². The Morgan fingerprint density at radius 3 is 2.89 bits per heavy atom. The Kier molecular flexibility index (Phi) is 2.93. The van der Waals surface area contributed by atoms with Crippen LogP contribution in [0.15, 0.2) is 18.3 Å². The molecule has 0 bridgehead atoms. The average Bonchev–Trinajstić information content (AvgIpc) is 2.99. The van der Waals surface area contributed by atoms with Gasteiger partial charge in [-0.05, 0) is 55.7 Å². The standard InChI is InChI=1S/C16H24N2/c1-16(2)10-13(16)15(17-3)12-8-4-6-11-7-5-9-18-14(11)12/h5,7,9,12-13,15,17H,4,6,8,10H2,1-3H3. The van der Waals surface area contributed by atoms with Crippen molar-refractivity contribution in [1.29, 1.82) is 0 Å². The number of hydrogen-bond donors (Lipinski definition) is 1. The van der Waals surface area contributed by atoms with E-state index in [2.05, 4.69) is 43.3 Å². The molecule has 0 spiro atoms. The summed E-state index contributed by atoms with van der Waals surface area (Å²) in [6.07, 6.45) is 7.14. The number of fused-ring (bicyclic) bond motifs is 1. The number of nitrogens with zero attached hydrogens (tertiary/aromatic N) is 1. The van der Waals surface area contributed by atoms with Gasteiger partial charge in [0.25, 0.3) is 0 Å². The Hall–Kier alpha value is -0.890. The quantitative estimate of drug-likeness (QED) is 0.883. The number of aromatic nitrogens is 1. The Balaban J connectivity index is 1.88. The van der Waals surface area contributed by atoms with E-state index in [9.17, 15) is 0 Å². The van der Waals surface area contributed by atoms with Crippen molar-refractivity contribution < 1.29 is 0 Å². The molecule has 2 heteroatoms. The van der Waals surface area contributed by atoms with E-state index in [-0.39, 0.29) is 0 Å². The zero-order valence-electron chi connectivity index (χ0n) is 11.7. The highest BCUT2D eigenvalue weighted by atomic mass is 14.9. The molecule has 2 aliphatic rings. The summed E-state index contributed by atoms with van der Waals surface area (Å²) >= 11 is 0. The summed E-state index contributed by atoms with van der Waals surface area (Å²) in [6.45, 7) is 4.79. The van der Waals surface area contributed by atoms with E-state index in [0.717, 1.165) is 5.92 Å². The lowest BCUT2D eigenvalue weighted by atomic mass is 9.79. The normalized spacial score (nSPS) is 30.6. The summed E-state index contributed by atoms with van der Waals surface area (Å²) in [5.41, 5.74) is 3.37. The highest BCUT2D eigenvalue weighted by Gasteiger charge is 2.52. The molecule has 1 aromatic heterocycles. The van der Waals surface area contributed by atoms with Gasteiger partial charge < -0.3 is 5.32 Å². The van der Waals surface area contributed by atoms with Crippen LogP contribution < -0.4 is 5.32 Å². The van der Waals surface area contributed by atoms with Crippen LogP contribution in [-0.4, -0.2) is 18.1 Å². The molecule has 1 saturated carbocycles. The Morgan fingerprint density at radius 2 is 2.22 bits per heavy atom. The van der Waals surface area contributed by atoms with Crippen LogP contribution in [0.25, 0.3) is 0 Å². The first kappa shape index (κ1) is 12.2. The summed E-state index contributed by atoms with van der Waals surface area (Å²) in [6, 6.07) is 4.95. The molecule has 3 atom stereocenters. The largest absolute Gasteiger partial charge is 0.316 e. The summed E-state index contributed by atoms with van der Waals surface area (Å²) in [5.74, 6) is 1.44. The molecule has 98 valence electrons.